The topological polar surface area (TPSA) is 87.2 Å². The van der Waals surface area contributed by atoms with Crippen LogP contribution in [0.3, 0.4) is 0 Å². The van der Waals surface area contributed by atoms with Gasteiger partial charge in [0.05, 0.1) is 0 Å². The summed E-state index contributed by atoms with van der Waals surface area (Å²) >= 11 is -5.55. The second kappa shape index (κ2) is 18.7. The third kappa shape index (κ3) is 9.48. The Morgan fingerprint density at radius 1 is 0.452 bits per heavy atom. The molecule has 0 saturated carbocycles. The quantitative estimate of drug-likeness (QED) is 0.0944. The zero-order valence-electron chi connectivity index (χ0n) is 27.6. The number of benzene rings is 1. The van der Waals surface area contributed by atoms with Crippen molar-refractivity contribution in [1.29, 1.82) is 0 Å². The molecule has 0 amide bonds. The van der Waals surface area contributed by atoms with Gasteiger partial charge in [-0.15, -0.1) is 0 Å². The van der Waals surface area contributed by atoms with Crippen molar-refractivity contribution in [2.75, 3.05) is 0 Å². The van der Waals surface area contributed by atoms with E-state index in [1.54, 1.807) is 0 Å². The van der Waals surface area contributed by atoms with Gasteiger partial charge in [-0.25, -0.2) is 0 Å². The van der Waals surface area contributed by atoms with Crippen LogP contribution in [0.2, 0.25) is 26.6 Å². The first-order chi connectivity index (χ1) is 20.5. The molecule has 0 saturated heterocycles. The van der Waals surface area contributed by atoms with E-state index in [-0.39, 0.29) is 0 Å². The molecule has 3 rings (SSSR count). The van der Waals surface area contributed by atoms with Gasteiger partial charge in [-0.05, 0) is 0 Å². The van der Waals surface area contributed by atoms with Crippen molar-refractivity contribution in [2.45, 2.75) is 145 Å². The van der Waals surface area contributed by atoms with Crippen LogP contribution in [-0.4, -0.2) is 74.2 Å². The Kier molecular flexibility index (Phi) is 15.8. The Bertz CT molecular complexity index is 1010. The summed E-state index contributed by atoms with van der Waals surface area (Å²) in [5.41, 5.74) is 2.03. The molecule has 0 unspecified atom stereocenters. The minimum absolute atomic E-state index is 0.748. The molecule has 0 aliphatic rings. The van der Waals surface area contributed by atoms with Crippen LogP contribution in [0.25, 0.3) is 22.8 Å². The molecule has 0 atom stereocenters. The Labute approximate surface area is 264 Å². The molecule has 8 nitrogen and oxygen atoms in total. The predicted octanol–water partition coefficient (Wildman–Crippen LogP) is 9.38. The first kappa shape index (κ1) is 35.4. The van der Waals surface area contributed by atoms with E-state index in [4.69, 9.17) is 20.6 Å². The number of nitrogens with zero attached hydrogens (tertiary/aromatic N) is 8. The van der Waals surface area contributed by atoms with Gasteiger partial charge >= 0.3 is 266 Å². The van der Waals surface area contributed by atoms with Crippen molar-refractivity contribution in [1.82, 2.24) is 36.9 Å². The summed E-state index contributed by atoms with van der Waals surface area (Å²) in [4.78, 5) is 0. The van der Waals surface area contributed by atoms with E-state index in [2.05, 4.69) is 82.0 Å². The molecule has 3 aromatic rings. The Hall–Kier alpha value is -1.04. The Morgan fingerprint density at radius 2 is 0.714 bits per heavy atom. The summed E-state index contributed by atoms with van der Waals surface area (Å²) < 4.78 is 12.3. The third-order valence-electron chi connectivity index (χ3n) is 9.05. The van der Waals surface area contributed by atoms with E-state index in [0.717, 1.165) is 22.8 Å². The van der Waals surface area contributed by atoms with Gasteiger partial charge in [-0.2, -0.15) is 0 Å². The van der Waals surface area contributed by atoms with Crippen molar-refractivity contribution in [3.05, 3.63) is 24.3 Å². The van der Waals surface area contributed by atoms with E-state index in [1.165, 1.54) is 104 Å². The van der Waals surface area contributed by atoms with Crippen LogP contribution in [0.4, 0.5) is 0 Å². The zero-order chi connectivity index (χ0) is 30.3. The summed E-state index contributed by atoms with van der Waals surface area (Å²) in [7, 11) is 0. The molecule has 0 N–H and O–H groups in total. The standard InChI is InChI=1S/C8H4N8.6C4H9.2Sn/c1-2-6(8-11-15-16-12-8)4-3-5(1)7-9-13-14-10-7;6*1-3-4-2;;/h1-4H;6*1,3-4H2,2H3;;/q-2;;;;;;;2*+1. The maximum absolute atomic E-state index is 5.08. The van der Waals surface area contributed by atoms with Gasteiger partial charge in [0, 0.05) is 0 Å². The Balaban J connectivity index is 1.86. The molecule has 2 heterocycles. The molecule has 0 spiro atoms. The summed E-state index contributed by atoms with van der Waals surface area (Å²) in [5, 5.41) is 28.9. The molecular formula is C32H58N8Sn2. The van der Waals surface area contributed by atoms with Crippen LogP contribution in [0, 0.1) is 0 Å². The van der Waals surface area contributed by atoms with Gasteiger partial charge in [0.25, 0.3) is 0 Å². The fourth-order valence-electron chi connectivity index (χ4n) is 6.22. The van der Waals surface area contributed by atoms with Crippen LogP contribution in [0.15, 0.2) is 24.3 Å². The van der Waals surface area contributed by atoms with Gasteiger partial charge in [0.15, 0.2) is 0 Å². The summed E-state index contributed by atoms with van der Waals surface area (Å²) in [6.07, 6.45) is 15.1. The molecule has 42 heavy (non-hydrogen) atoms. The number of aromatic nitrogens is 8. The minimum atomic E-state index is -2.77. The number of tetrazole rings is 2. The molecule has 10 heteroatoms. The molecule has 0 radical (unpaired) electrons. The van der Waals surface area contributed by atoms with Crippen molar-refractivity contribution in [3.63, 3.8) is 0 Å². The van der Waals surface area contributed by atoms with E-state index in [9.17, 15) is 0 Å². The van der Waals surface area contributed by atoms with E-state index >= 15 is 0 Å². The van der Waals surface area contributed by atoms with Gasteiger partial charge in [0.1, 0.15) is 0 Å². The molecule has 1 aromatic carbocycles. The fourth-order valence-corrected chi connectivity index (χ4v) is 34.3. The second-order valence-corrected chi connectivity index (χ2v) is 37.3. The van der Waals surface area contributed by atoms with E-state index in [0.29, 0.717) is 0 Å². The van der Waals surface area contributed by atoms with Gasteiger partial charge < -0.3 is 0 Å². The SMILES string of the molecule is CCC[CH2][Sn]([CH2]CCC)([CH2]CCC)[n]1nnc(-c2ccc(-c3nn[n]([Sn]([CH2]CCC)([CH2]CCC)[CH2]CCC)n3)cc2)n1. The van der Waals surface area contributed by atoms with Gasteiger partial charge in [-0.3, -0.25) is 0 Å². The van der Waals surface area contributed by atoms with Crippen LogP contribution in [0.1, 0.15) is 119 Å². The zero-order valence-corrected chi connectivity index (χ0v) is 33.3. The van der Waals surface area contributed by atoms with Crippen molar-refractivity contribution in [3.8, 4) is 22.8 Å². The average molecular weight is 792 g/mol. The Morgan fingerprint density at radius 3 is 0.952 bits per heavy atom. The van der Waals surface area contributed by atoms with Crippen molar-refractivity contribution >= 4 is 37.3 Å². The molecular weight excluding hydrogens is 734 g/mol. The van der Waals surface area contributed by atoms with Crippen LogP contribution in [-0.2, 0) is 0 Å². The maximum atomic E-state index is 5.08. The molecule has 0 aliphatic heterocycles. The number of hydrogen-bond acceptors (Lipinski definition) is 6. The first-order valence-corrected chi connectivity index (χ1v) is 31.9. The van der Waals surface area contributed by atoms with Gasteiger partial charge in [-0.1, -0.05) is 0 Å². The first-order valence-electron chi connectivity index (χ1n) is 17.2. The van der Waals surface area contributed by atoms with Gasteiger partial charge in [0.2, 0.25) is 0 Å². The average Bonchev–Trinajstić information content (AvgIpc) is 3.73. The van der Waals surface area contributed by atoms with Crippen LogP contribution < -0.4 is 0 Å². The van der Waals surface area contributed by atoms with Crippen molar-refractivity contribution < 1.29 is 0 Å². The van der Waals surface area contributed by atoms with E-state index in [1.807, 2.05) is 0 Å². The predicted molar refractivity (Wildman–Crippen MR) is 181 cm³/mol. The summed E-state index contributed by atoms with van der Waals surface area (Å²) in [5.74, 6) is 1.50. The molecule has 0 aliphatic carbocycles. The monoisotopic (exact) mass is 794 g/mol. The molecule has 2 aromatic heterocycles. The number of hydrogen-bond donors (Lipinski definition) is 0. The normalized spacial score (nSPS) is 12.3. The fraction of sp³-hybridized carbons (Fsp3) is 0.750. The van der Waals surface area contributed by atoms with Crippen LogP contribution in [0.5, 0.6) is 0 Å². The van der Waals surface area contributed by atoms with Crippen molar-refractivity contribution in [2.24, 2.45) is 0 Å². The number of rotatable bonds is 22. The summed E-state index contributed by atoms with van der Waals surface area (Å²) in [6, 6.07) is 8.45. The second-order valence-electron chi connectivity index (χ2n) is 12.5. The third-order valence-corrected chi connectivity index (χ3v) is 37.0. The molecule has 0 fully saturated rings. The molecule has 0 bridgehead atoms. The van der Waals surface area contributed by atoms with Crippen LogP contribution >= 0.6 is 0 Å². The molecule has 234 valence electrons. The van der Waals surface area contributed by atoms with E-state index < -0.39 is 37.3 Å². The number of unbranched alkanes of at least 4 members (excludes halogenated alkanes) is 6. The summed E-state index contributed by atoms with van der Waals surface area (Å²) in [6.45, 7) is 13.8.